The Labute approximate surface area is 145 Å². The van der Waals surface area contributed by atoms with E-state index in [2.05, 4.69) is 59.3 Å². The Balaban J connectivity index is 1.46. The molecule has 0 unspecified atom stereocenters. The molecule has 2 aliphatic heterocycles. The van der Waals surface area contributed by atoms with E-state index in [4.69, 9.17) is 4.98 Å². The molecular formula is C21H27N3. The molecule has 0 aliphatic carbocycles. The summed E-state index contributed by atoms with van der Waals surface area (Å²) < 4.78 is 0. The van der Waals surface area contributed by atoms with Gasteiger partial charge in [0.1, 0.15) is 5.82 Å². The van der Waals surface area contributed by atoms with Crippen molar-refractivity contribution in [1.29, 1.82) is 0 Å². The van der Waals surface area contributed by atoms with Crippen LogP contribution in [0.2, 0.25) is 0 Å². The molecule has 3 heterocycles. The number of benzene rings is 1. The Morgan fingerprint density at radius 1 is 1.12 bits per heavy atom. The third-order valence-corrected chi connectivity index (χ3v) is 5.37. The predicted octanol–water partition coefficient (Wildman–Crippen LogP) is 3.67. The first-order valence-corrected chi connectivity index (χ1v) is 9.34. The fraction of sp³-hybridized carbons (Fsp3) is 0.476. The summed E-state index contributed by atoms with van der Waals surface area (Å²) in [6.45, 7) is 6.70. The number of pyridine rings is 1. The van der Waals surface area contributed by atoms with Crippen LogP contribution < -0.4 is 4.90 Å². The van der Waals surface area contributed by atoms with Gasteiger partial charge in [0.05, 0.1) is 0 Å². The van der Waals surface area contributed by atoms with Crippen molar-refractivity contribution in [3.8, 4) is 0 Å². The van der Waals surface area contributed by atoms with Gasteiger partial charge in [-0.05, 0) is 36.0 Å². The minimum Gasteiger partial charge on any atom is -0.351 e. The van der Waals surface area contributed by atoms with E-state index in [0.29, 0.717) is 6.04 Å². The maximum atomic E-state index is 4.84. The summed E-state index contributed by atoms with van der Waals surface area (Å²) in [5.41, 5.74) is 4.29. The van der Waals surface area contributed by atoms with Gasteiger partial charge < -0.3 is 4.90 Å². The van der Waals surface area contributed by atoms with Crippen molar-refractivity contribution in [2.75, 3.05) is 24.5 Å². The third kappa shape index (κ3) is 3.18. The van der Waals surface area contributed by atoms with Crippen LogP contribution in [-0.4, -0.2) is 35.6 Å². The number of hydrogen-bond acceptors (Lipinski definition) is 3. The zero-order valence-electron chi connectivity index (χ0n) is 14.6. The Bertz CT molecular complexity index is 683. The van der Waals surface area contributed by atoms with Gasteiger partial charge >= 0.3 is 0 Å². The van der Waals surface area contributed by atoms with E-state index in [0.717, 1.165) is 32.6 Å². The quantitative estimate of drug-likeness (QED) is 0.856. The van der Waals surface area contributed by atoms with Gasteiger partial charge in [-0.25, -0.2) is 4.98 Å². The average Bonchev–Trinajstić information content (AvgIpc) is 2.62. The Hall–Kier alpha value is -1.87. The lowest BCUT2D eigenvalue weighted by Crippen LogP contribution is -2.55. The molecule has 0 saturated carbocycles. The van der Waals surface area contributed by atoms with E-state index in [1.807, 2.05) is 0 Å². The van der Waals surface area contributed by atoms with Crippen molar-refractivity contribution in [1.82, 2.24) is 9.88 Å². The summed E-state index contributed by atoms with van der Waals surface area (Å²) in [5.74, 6) is 1.26. The highest BCUT2D eigenvalue weighted by Crippen LogP contribution is 2.32. The van der Waals surface area contributed by atoms with E-state index in [-0.39, 0.29) is 0 Å². The molecule has 2 aromatic rings. The van der Waals surface area contributed by atoms with Gasteiger partial charge in [0.15, 0.2) is 0 Å². The van der Waals surface area contributed by atoms with Gasteiger partial charge in [0, 0.05) is 38.4 Å². The molecule has 3 nitrogen and oxygen atoms in total. The van der Waals surface area contributed by atoms with E-state index >= 15 is 0 Å². The summed E-state index contributed by atoms with van der Waals surface area (Å²) in [6, 6.07) is 13.9. The molecule has 1 atom stereocenters. The van der Waals surface area contributed by atoms with Crippen molar-refractivity contribution >= 4 is 5.82 Å². The van der Waals surface area contributed by atoms with Crippen LogP contribution in [0.5, 0.6) is 0 Å². The van der Waals surface area contributed by atoms with Gasteiger partial charge in [-0.2, -0.15) is 0 Å². The molecule has 126 valence electrons. The Morgan fingerprint density at radius 3 is 2.83 bits per heavy atom. The van der Waals surface area contributed by atoms with Crippen molar-refractivity contribution in [3.63, 3.8) is 0 Å². The molecule has 4 rings (SSSR count). The molecule has 1 aromatic heterocycles. The Morgan fingerprint density at radius 2 is 2.00 bits per heavy atom. The predicted molar refractivity (Wildman–Crippen MR) is 99.4 cm³/mol. The summed E-state index contributed by atoms with van der Waals surface area (Å²) in [5, 5.41) is 0. The molecule has 0 radical (unpaired) electrons. The van der Waals surface area contributed by atoms with Crippen LogP contribution in [0.25, 0.3) is 0 Å². The highest BCUT2D eigenvalue weighted by molar-refractivity contribution is 5.52. The monoisotopic (exact) mass is 321 g/mol. The number of hydrogen-bond donors (Lipinski definition) is 0. The van der Waals surface area contributed by atoms with Gasteiger partial charge in [0.2, 0.25) is 0 Å². The normalized spacial score (nSPS) is 20.5. The lowest BCUT2D eigenvalue weighted by atomic mass is 9.95. The lowest BCUT2D eigenvalue weighted by Gasteiger charge is -2.45. The number of nitrogens with zero attached hydrogens (tertiary/aromatic N) is 3. The number of rotatable bonds is 4. The molecule has 0 bridgehead atoms. The SMILES string of the molecule is CCCc1cnc2c(c1)CC[C@@H]1CN(Cc3ccccc3)CCN21. The standard InChI is InChI=1S/C21H27N3/c1-2-6-18-13-19-9-10-20-16-23(15-17-7-4-3-5-8-17)11-12-24(20)21(19)22-14-18/h3-5,7-8,13-14,20H,2,6,9-12,15-16H2,1H3/t20-/m1/s1. The summed E-state index contributed by atoms with van der Waals surface area (Å²) in [6.07, 6.45) is 6.88. The van der Waals surface area contributed by atoms with Gasteiger partial charge in [-0.1, -0.05) is 49.7 Å². The van der Waals surface area contributed by atoms with Crippen molar-refractivity contribution in [3.05, 3.63) is 59.3 Å². The van der Waals surface area contributed by atoms with E-state index in [1.54, 1.807) is 0 Å². The first-order valence-electron chi connectivity index (χ1n) is 9.34. The molecule has 24 heavy (non-hydrogen) atoms. The Kier molecular flexibility index (Phi) is 4.52. The molecular weight excluding hydrogens is 294 g/mol. The molecule has 0 spiro atoms. The molecule has 1 saturated heterocycles. The summed E-state index contributed by atoms with van der Waals surface area (Å²) in [4.78, 5) is 10.0. The summed E-state index contributed by atoms with van der Waals surface area (Å²) in [7, 11) is 0. The zero-order chi connectivity index (χ0) is 16.4. The van der Waals surface area contributed by atoms with Crippen LogP contribution in [0.4, 0.5) is 5.82 Å². The number of piperazine rings is 1. The first-order chi connectivity index (χ1) is 11.8. The average molecular weight is 321 g/mol. The van der Waals surface area contributed by atoms with Crippen LogP contribution >= 0.6 is 0 Å². The van der Waals surface area contributed by atoms with Crippen molar-refractivity contribution in [2.45, 2.75) is 45.2 Å². The molecule has 3 heteroatoms. The maximum Gasteiger partial charge on any atom is 0.132 e. The second kappa shape index (κ2) is 6.94. The molecule has 0 N–H and O–H groups in total. The van der Waals surface area contributed by atoms with Crippen LogP contribution in [0.15, 0.2) is 42.6 Å². The van der Waals surface area contributed by atoms with Gasteiger partial charge in [-0.15, -0.1) is 0 Å². The van der Waals surface area contributed by atoms with Crippen LogP contribution in [0.1, 0.15) is 36.5 Å². The third-order valence-electron chi connectivity index (χ3n) is 5.37. The van der Waals surface area contributed by atoms with Gasteiger partial charge in [-0.3, -0.25) is 4.90 Å². The van der Waals surface area contributed by atoms with Crippen LogP contribution in [0, 0.1) is 0 Å². The number of aryl methyl sites for hydroxylation is 2. The topological polar surface area (TPSA) is 19.4 Å². The van der Waals surface area contributed by atoms with Crippen LogP contribution in [-0.2, 0) is 19.4 Å². The molecule has 1 aromatic carbocycles. The molecule has 1 fully saturated rings. The molecule has 0 amide bonds. The highest BCUT2D eigenvalue weighted by atomic mass is 15.3. The van der Waals surface area contributed by atoms with Gasteiger partial charge in [0.25, 0.3) is 0 Å². The second-order valence-corrected chi connectivity index (χ2v) is 7.18. The zero-order valence-corrected chi connectivity index (χ0v) is 14.6. The van der Waals surface area contributed by atoms with Crippen molar-refractivity contribution < 1.29 is 0 Å². The maximum absolute atomic E-state index is 4.84. The largest absolute Gasteiger partial charge is 0.351 e. The highest BCUT2D eigenvalue weighted by Gasteiger charge is 2.32. The number of fused-ring (bicyclic) bond motifs is 3. The van der Waals surface area contributed by atoms with E-state index in [9.17, 15) is 0 Å². The van der Waals surface area contributed by atoms with E-state index < -0.39 is 0 Å². The lowest BCUT2D eigenvalue weighted by molar-refractivity contribution is 0.206. The first kappa shape index (κ1) is 15.6. The smallest absolute Gasteiger partial charge is 0.132 e. The fourth-order valence-electron chi connectivity index (χ4n) is 4.17. The van der Waals surface area contributed by atoms with Crippen LogP contribution in [0.3, 0.4) is 0 Å². The van der Waals surface area contributed by atoms with Crippen molar-refractivity contribution in [2.24, 2.45) is 0 Å². The second-order valence-electron chi connectivity index (χ2n) is 7.18. The van der Waals surface area contributed by atoms with E-state index in [1.165, 1.54) is 41.8 Å². The fourth-order valence-corrected chi connectivity index (χ4v) is 4.17. The number of anilines is 1. The minimum atomic E-state index is 0.625. The molecule has 2 aliphatic rings. The number of aromatic nitrogens is 1. The summed E-state index contributed by atoms with van der Waals surface area (Å²) >= 11 is 0. The minimum absolute atomic E-state index is 0.625.